The number of carbonyl (C=O) groups excluding carboxylic acids is 1. The van der Waals surface area contributed by atoms with Gasteiger partial charge in [0, 0.05) is 17.9 Å². The van der Waals surface area contributed by atoms with Crippen LogP contribution in [0.15, 0.2) is 24.5 Å². The highest BCUT2D eigenvalue weighted by Crippen LogP contribution is 2.20. The lowest BCUT2D eigenvalue weighted by Gasteiger charge is -2.23. The highest BCUT2D eigenvalue weighted by molar-refractivity contribution is 5.71. The zero-order valence-electron chi connectivity index (χ0n) is 8.36. The lowest BCUT2D eigenvalue weighted by atomic mass is 9.91. The SMILES string of the molecule is COC(=O)CC(C)(N)c1ccncc1. The molecule has 4 nitrogen and oxygen atoms in total. The Kier molecular flexibility index (Phi) is 3.19. The van der Waals surface area contributed by atoms with E-state index in [1.165, 1.54) is 7.11 Å². The first-order chi connectivity index (χ1) is 6.56. The number of ether oxygens (including phenoxy) is 1. The van der Waals surface area contributed by atoms with Gasteiger partial charge in [-0.05, 0) is 24.6 Å². The number of nitrogens with two attached hydrogens (primary N) is 1. The van der Waals surface area contributed by atoms with Crippen LogP contribution in [-0.2, 0) is 15.1 Å². The normalized spacial score (nSPS) is 14.5. The Morgan fingerprint density at radius 1 is 1.57 bits per heavy atom. The molecule has 0 spiro atoms. The molecule has 4 heteroatoms. The van der Waals surface area contributed by atoms with Crippen molar-refractivity contribution in [1.29, 1.82) is 0 Å². The summed E-state index contributed by atoms with van der Waals surface area (Å²) in [4.78, 5) is 15.0. The first-order valence-electron chi connectivity index (χ1n) is 4.32. The number of hydrogen-bond acceptors (Lipinski definition) is 4. The van der Waals surface area contributed by atoms with E-state index in [0.717, 1.165) is 5.56 Å². The van der Waals surface area contributed by atoms with Gasteiger partial charge in [0.1, 0.15) is 0 Å². The van der Waals surface area contributed by atoms with E-state index in [1.807, 2.05) is 0 Å². The third-order valence-electron chi connectivity index (χ3n) is 2.08. The number of methoxy groups -OCH3 is 1. The van der Waals surface area contributed by atoms with Crippen LogP contribution in [0.3, 0.4) is 0 Å². The van der Waals surface area contributed by atoms with Crippen molar-refractivity contribution in [2.75, 3.05) is 7.11 Å². The van der Waals surface area contributed by atoms with E-state index in [2.05, 4.69) is 9.72 Å². The standard InChI is InChI=1S/C10H14N2O2/c1-10(11,7-9(13)14-2)8-3-5-12-6-4-8/h3-6H,7,11H2,1-2H3. The molecule has 0 radical (unpaired) electrons. The van der Waals surface area contributed by atoms with Gasteiger partial charge in [0.05, 0.1) is 13.5 Å². The summed E-state index contributed by atoms with van der Waals surface area (Å²) in [6, 6.07) is 3.59. The van der Waals surface area contributed by atoms with Crippen LogP contribution in [0.2, 0.25) is 0 Å². The molecule has 1 heterocycles. The molecule has 1 rings (SSSR count). The van der Waals surface area contributed by atoms with Crippen molar-refractivity contribution in [3.8, 4) is 0 Å². The third-order valence-corrected chi connectivity index (χ3v) is 2.08. The summed E-state index contributed by atoms with van der Waals surface area (Å²) < 4.78 is 4.57. The number of carbonyl (C=O) groups is 1. The molecule has 0 aromatic carbocycles. The quantitative estimate of drug-likeness (QED) is 0.723. The molecule has 0 saturated heterocycles. The average molecular weight is 194 g/mol. The van der Waals surface area contributed by atoms with Crippen molar-refractivity contribution in [1.82, 2.24) is 4.98 Å². The third kappa shape index (κ3) is 2.53. The van der Waals surface area contributed by atoms with Crippen molar-refractivity contribution in [3.63, 3.8) is 0 Å². The van der Waals surface area contributed by atoms with Gasteiger partial charge < -0.3 is 10.5 Å². The molecule has 0 amide bonds. The molecule has 0 aliphatic rings. The van der Waals surface area contributed by atoms with Gasteiger partial charge in [-0.2, -0.15) is 0 Å². The molecule has 0 bridgehead atoms. The summed E-state index contributed by atoms with van der Waals surface area (Å²) in [6.45, 7) is 1.79. The van der Waals surface area contributed by atoms with Crippen molar-refractivity contribution < 1.29 is 9.53 Å². The first-order valence-corrected chi connectivity index (χ1v) is 4.32. The van der Waals surface area contributed by atoms with Crippen LogP contribution in [0.5, 0.6) is 0 Å². The lowest BCUT2D eigenvalue weighted by Crippen LogP contribution is -2.35. The zero-order valence-corrected chi connectivity index (χ0v) is 8.36. The van der Waals surface area contributed by atoms with Crippen molar-refractivity contribution in [2.24, 2.45) is 5.73 Å². The van der Waals surface area contributed by atoms with Gasteiger partial charge in [0.25, 0.3) is 0 Å². The second-order valence-electron chi connectivity index (χ2n) is 3.41. The molecule has 2 N–H and O–H groups in total. The Balaban J connectivity index is 2.80. The van der Waals surface area contributed by atoms with Crippen molar-refractivity contribution in [2.45, 2.75) is 18.9 Å². The summed E-state index contributed by atoms with van der Waals surface area (Å²) in [5, 5.41) is 0. The Labute approximate surface area is 83.1 Å². The van der Waals surface area contributed by atoms with E-state index < -0.39 is 5.54 Å². The van der Waals surface area contributed by atoms with Crippen LogP contribution in [0, 0.1) is 0 Å². The molecule has 0 saturated carbocycles. The van der Waals surface area contributed by atoms with E-state index in [1.54, 1.807) is 31.5 Å². The first kappa shape index (κ1) is 10.7. The van der Waals surface area contributed by atoms with Gasteiger partial charge >= 0.3 is 5.97 Å². The molecule has 1 unspecified atom stereocenters. The second-order valence-corrected chi connectivity index (χ2v) is 3.41. The molecular weight excluding hydrogens is 180 g/mol. The minimum Gasteiger partial charge on any atom is -0.469 e. The molecule has 0 fully saturated rings. The van der Waals surface area contributed by atoms with E-state index >= 15 is 0 Å². The van der Waals surface area contributed by atoms with Gasteiger partial charge in [0.2, 0.25) is 0 Å². The Morgan fingerprint density at radius 2 is 2.14 bits per heavy atom. The fraction of sp³-hybridized carbons (Fsp3) is 0.400. The topological polar surface area (TPSA) is 65.2 Å². The fourth-order valence-corrected chi connectivity index (χ4v) is 1.21. The molecule has 0 aliphatic carbocycles. The van der Waals surface area contributed by atoms with Crippen LogP contribution in [0.1, 0.15) is 18.9 Å². The largest absolute Gasteiger partial charge is 0.469 e. The second kappa shape index (κ2) is 4.19. The number of rotatable bonds is 3. The molecular formula is C10H14N2O2. The van der Waals surface area contributed by atoms with E-state index in [9.17, 15) is 4.79 Å². The number of nitrogens with zero attached hydrogens (tertiary/aromatic N) is 1. The fourth-order valence-electron chi connectivity index (χ4n) is 1.21. The van der Waals surface area contributed by atoms with Gasteiger partial charge in [0.15, 0.2) is 0 Å². The molecule has 1 atom stereocenters. The van der Waals surface area contributed by atoms with E-state index in [4.69, 9.17) is 5.73 Å². The van der Waals surface area contributed by atoms with Crippen LogP contribution in [0.4, 0.5) is 0 Å². The maximum Gasteiger partial charge on any atom is 0.307 e. The van der Waals surface area contributed by atoms with Gasteiger partial charge in [-0.25, -0.2) is 0 Å². The highest BCUT2D eigenvalue weighted by atomic mass is 16.5. The lowest BCUT2D eigenvalue weighted by molar-refractivity contribution is -0.141. The number of esters is 1. The molecule has 14 heavy (non-hydrogen) atoms. The minimum atomic E-state index is -0.698. The number of aromatic nitrogens is 1. The maximum atomic E-state index is 11.1. The Morgan fingerprint density at radius 3 is 2.64 bits per heavy atom. The van der Waals surface area contributed by atoms with Crippen LogP contribution < -0.4 is 5.73 Å². The summed E-state index contributed by atoms with van der Waals surface area (Å²) in [6.07, 6.45) is 3.46. The molecule has 1 aromatic heterocycles. The van der Waals surface area contributed by atoms with Crippen LogP contribution >= 0.6 is 0 Å². The number of pyridine rings is 1. The maximum absolute atomic E-state index is 11.1. The smallest absolute Gasteiger partial charge is 0.307 e. The average Bonchev–Trinajstić information content (AvgIpc) is 2.18. The van der Waals surface area contributed by atoms with Gasteiger partial charge in [-0.3, -0.25) is 9.78 Å². The van der Waals surface area contributed by atoms with Gasteiger partial charge in [-0.15, -0.1) is 0 Å². The zero-order chi connectivity index (χ0) is 10.6. The van der Waals surface area contributed by atoms with Crippen molar-refractivity contribution in [3.05, 3.63) is 30.1 Å². The molecule has 0 aliphatic heterocycles. The molecule has 1 aromatic rings. The predicted octanol–water partition coefficient (Wildman–Crippen LogP) is 0.819. The summed E-state index contributed by atoms with van der Waals surface area (Å²) in [5.41, 5.74) is 6.16. The predicted molar refractivity (Wildman–Crippen MR) is 52.4 cm³/mol. The van der Waals surface area contributed by atoms with Crippen LogP contribution in [-0.4, -0.2) is 18.1 Å². The van der Waals surface area contributed by atoms with Crippen LogP contribution in [0.25, 0.3) is 0 Å². The molecule has 76 valence electrons. The van der Waals surface area contributed by atoms with Gasteiger partial charge in [-0.1, -0.05) is 0 Å². The Hall–Kier alpha value is -1.42. The van der Waals surface area contributed by atoms with E-state index in [0.29, 0.717) is 0 Å². The monoisotopic (exact) mass is 194 g/mol. The number of hydrogen-bond donors (Lipinski definition) is 1. The Bertz CT molecular complexity index is 309. The minimum absolute atomic E-state index is 0.160. The summed E-state index contributed by atoms with van der Waals surface area (Å²) in [5.74, 6) is -0.313. The summed E-state index contributed by atoms with van der Waals surface area (Å²) in [7, 11) is 1.35. The highest BCUT2D eigenvalue weighted by Gasteiger charge is 2.24. The summed E-state index contributed by atoms with van der Waals surface area (Å²) >= 11 is 0. The van der Waals surface area contributed by atoms with Crippen molar-refractivity contribution >= 4 is 5.97 Å². The van der Waals surface area contributed by atoms with E-state index in [-0.39, 0.29) is 12.4 Å².